The molecule has 0 saturated heterocycles. The lowest BCUT2D eigenvalue weighted by Gasteiger charge is -2.32. The number of sulfonamides is 1. The van der Waals surface area contributed by atoms with E-state index in [4.69, 9.17) is 11.6 Å². The first-order chi connectivity index (χ1) is 18.0. The van der Waals surface area contributed by atoms with Gasteiger partial charge in [-0.1, -0.05) is 76.9 Å². The molecule has 0 aliphatic rings. The predicted octanol–water partition coefficient (Wildman–Crippen LogP) is 5.63. The number of nitrogens with zero attached hydrogens (tertiary/aromatic N) is 2. The van der Waals surface area contributed by atoms with E-state index in [0.717, 1.165) is 20.8 Å². The first-order valence-electron chi connectivity index (χ1n) is 12.2. The van der Waals surface area contributed by atoms with Gasteiger partial charge >= 0.3 is 0 Å². The lowest BCUT2D eigenvalue weighted by atomic mass is 10.1. The van der Waals surface area contributed by atoms with Crippen LogP contribution in [0, 0.1) is 0 Å². The average Bonchev–Trinajstić information content (AvgIpc) is 2.91. The zero-order chi connectivity index (χ0) is 27.9. The van der Waals surface area contributed by atoms with Crippen molar-refractivity contribution in [2.75, 3.05) is 10.8 Å². The molecule has 0 bridgehead atoms. The van der Waals surface area contributed by atoms with Gasteiger partial charge in [0.1, 0.15) is 12.6 Å². The summed E-state index contributed by atoms with van der Waals surface area (Å²) >= 11 is 9.81. The van der Waals surface area contributed by atoms with Gasteiger partial charge in [-0.25, -0.2) is 8.42 Å². The molecule has 0 radical (unpaired) electrons. The van der Waals surface area contributed by atoms with Crippen LogP contribution < -0.4 is 9.62 Å². The van der Waals surface area contributed by atoms with Gasteiger partial charge in [0.2, 0.25) is 11.8 Å². The van der Waals surface area contributed by atoms with Crippen LogP contribution in [0.3, 0.4) is 0 Å². The number of amides is 2. The average molecular weight is 621 g/mol. The number of halogens is 2. The largest absolute Gasteiger partial charge is 0.352 e. The third-order valence-electron chi connectivity index (χ3n) is 6.17. The normalized spacial score (nSPS) is 12.9. The fraction of sp³-hybridized carbons (Fsp3) is 0.286. The van der Waals surface area contributed by atoms with Crippen LogP contribution in [0.15, 0.2) is 88.2 Å². The van der Waals surface area contributed by atoms with E-state index in [-0.39, 0.29) is 34.1 Å². The van der Waals surface area contributed by atoms with E-state index in [0.29, 0.717) is 0 Å². The molecule has 1 N–H and O–H groups in total. The van der Waals surface area contributed by atoms with Crippen molar-refractivity contribution in [3.05, 3.63) is 93.9 Å². The molecule has 38 heavy (non-hydrogen) atoms. The molecule has 3 rings (SSSR count). The van der Waals surface area contributed by atoms with Gasteiger partial charge in [-0.05, 0) is 62.2 Å². The molecule has 2 unspecified atom stereocenters. The Morgan fingerprint density at radius 1 is 0.947 bits per heavy atom. The van der Waals surface area contributed by atoms with Crippen molar-refractivity contribution < 1.29 is 18.0 Å². The van der Waals surface area contributed by atoms with Crippen molar-refractivity contribution in [3.63, 3.8) is 0 Å². The van der Waals surface area contributed by atoms with Crippen molar-refractivity contribution in [2.45, 2.75) is 50.7 Å². The summed E-state index contributed by atoms with van der Waals surface area (Å²) in [5.74, 6) is -0.862. The summed E-state index contributed by atoms with van der Waals surface area (Å²) in [6.07, 6.45) is 0.731. The highest BCUT2D eigenvalue weighted by atomic mass is 79.9. The van der Waals surface area contributed by atoms with Gasteiger partial charge in [-0.3, -0.25) is 13.9 Å². The van der Waals surface area contributed by atoms with Gasteiger partial charge < -0.3 is 10.2 Å². The van der Waals surface area contributed by atoms with Crippen molar-refractivity contribution in [1.29, 1.82) is 0 Å². The van der Waals surface area contributed by atoms with Crippen molar-refractivity contribution in [3.8, 4) is 0 Å². The van der Waals surface area contributed by atoms with Gasteiger partial charge in [0.25, 0.3) is 10.0 Å². The molecule has 3 aromatic rings. The fourth-order valence-electron chi connectivity index (χ4n) is 3.72. The number of rotatable bonds is 11. The van der Waals surface area contributed by atoms with Gasteiger partial charge in [0.05, 0.1) is 15.6 Å². The number of hydrogen-bond donors (Lipinski definition) is 1. The minimum absolute atomic E-state index is 0.0229. The topological polar surface area (TPSA) is 86.8 Å². The number of carbonyl (C=O) groups excluding carboxylic acids is 2. The van der Waals surface area contributed by atoms with Gasteiger partial charge in [-0.15, -0.1) is 0 Å². The minimum Gasteiger partial charge on any atom is -0.352 e. The Labute approximate surface area is 238 Å². The highest BCUT2D eigenvalue weighted by molar-refractivity contribution is 9.10. The van der Waals surface area contributed by atoms with Crippen LogP contribution in [0.25, 0.3) is 0 Å². The number of nitrogens with one attached hydrogen (secondary N) is 1. The minimum atomic E-state index is -4.16. The maximum absolute atomic E-state index is 13.9. The SMILES string of the molecule is CCC(C)NC(=O)C(C)N(Cc1ccc(Br)cc1)C(=O)CN(c1ccccc1Cl)S(=O)(=O)c1ccccc1. The summed E-state index contributed by atoms with van der Waals surface area (Å²) in [6, 6.07) is 20.8. The highest BCUT2D eigenvalue weighted by Gasteiger charge is 2.33. The molecular weight excluding hydrogens is 590 g/mol. The third kappa shape index (κ3) is 7.36. The Morgan fingerprint density at radius 2 is 1.55 bits per heavy atom. The maximum Gasteiger partial charge on any atom is 0.264 e. The summed E-state index contributed by atoms with van der Waals surface area (Å²) in [6.45, 7) is 5.05. The summed E-state index contributed by atoms with van der Waals surface area (Å²) in [4.78, 5) is 28.4. The van der Waals surface area contributed by atoms with Gasteiger partial charge in [0.15, 0.2) is 0 Å². The lowest BCUT2D eigenvalue weighted by Crippen LogP contribution is -2.52. The van der Waals surface area contributed by atoms with Gasteiger partial charge in [-0.2, -0.15) is 0 Å². The van der Waals surface area contributed by atoms with E-state index < -0.39 is 28.5 Å². The Balaban J connectivity index is 2.02. The standard InChI is InChI=1S/C28H31BrClN3O4S/c1-4-20(2)31-28(35)21(3)32(18-22-14-16-23(29)17-15-22)27(34)19-33(26-13-9-8-12-25(26)30)38(36,37)24-10-6-5-7-11-24/h5-17,20-21H,4,18-19H2,1-3H3,(H,31,35). The molecule has 0 fully saturated rings. The fourth-order valence-corrected chi connectivity index (χ4v) is 5.73. The zero-order valence-corrected chi connectivity index (χ0v) is 24.6. The third-order valence-corrected chi connectivity index (χ3v) is 8.79. The molecule has 10 heteroatoms. The first kappa shape index (κ1) is 29.7. The summed E-state index contributed by atoms with van der Waals surface area (Å²) < 4.78 is 29.4. The molecule has 0 aliphatic heterocycles. The van der Waals surface area contributed by atoms with E-state index in [1.54, 1.807) is 49.4 Å². The molecule has 3 aromatic carbocycles. The van der Waals surface area contributed by atoms with Crippen LogP contribution in [0.1, 0.15) is 32.8 Å². The van der Waals surface area contributed by atoms with Crippen LogP contribution in [0.4, 0.5) is 5.69 Å². The Hall–Kier alpha value is -2.88. The van der Waals surface area contributed by atoms with E-state index in [1.165, 1.54) is 17.0 Å². The second-order valence-corrected chi connectivity index (χ2v) is 12.1. The number of carbonyl (C=O) groups is 2. The number of hydrogen-bond acceptors (Lipinski definition) is 4. The van der Waals surface area contributed by atoms with E-state index in [2.05, 4.69) is 21.2 Å². The van der Waals surface area contributed by atoms with Gasteiger partial charge in [0, 0.05) is 17.1 Å². The van der Waals surface area contributed by atoms with Crippen LogP contribution >= 0.6 is 27.5 Å². The number of para-hydroxylation sites is 1. The van der Waals surface area contributed by atoms with Crippen LogP contribution in [-0.4, -0.2) is 43.8 Å². The molecule has 2 atom stereocenters. The Morgan fingerprint density at radius 3 is 2.16 bits per heavy atom. The molecule has 0 aromatic heterocycles. The molecule has 0 aliphatic carbocycles. The summed E-state index contributed by atoms with van der Waals surface area (Å²) in [5, 5.41) is 3.10. The van der Waals surface area contributed by atoms with Crippen LogP contribution in [0.2, 0.25) is 5.02 Å². The number of benzene rings is 3. The van der Waals surface area contributed by atoms with Crippen LogP contribution in [-0.2, 0) is 26.2 Å². The van der Waals surface area contributed by atoms with Crippen molar-refractivity contribution in [2.24, 2.45) is 0 Å². The lowest BCUT2D eigenvalue weighted by molar-refractivity contribution is -0.139. The first-order valence-corrected chi connectivity index (χ1v) is 14.8. The predicted molar refractivity (Wildman–Crippen MR) is 154 cm³/mol. The molecule has 0 heterocycles. The Bertz CT molecular complexity index is 1350. The molecular formula is C28H31BrClN3O4S. The summed E-state index contributed by atoms with van der Waals surface area (Å²) in [5.41, 5.74) is 0.964. The molecule has 0 spiro atoms. The molecule has 7 nitrogen and oxygen atoms in total. The zero-order valence-electron chi connectivity index (χ0n) is 21.5. The highest BCUT2D eigenvalue weighted by Crippen LogP contribution is 2.30. The number of anilines is 1. The van der Waals surface area contributed by atoms with Crippen LogP contribution in [0.5, 0.6) is 0 Å². The molecule has 202 valence electrons. The van der Waals surface area contributed by atoms with E-state index >= 15 is 0 Å². The van der Waals surface area contributed by atoms with Crippen molar-refractivity contribution in [1.82, 2.24) is 10.2 Å². The Kier molecular flexibility index (Phi) is 10.4. The monoisotopic (exact) mass is 619 g/mol. The second kappa shape index (κ2) is 13.3. The van der Waals surface area contributed by atoms with Crippen molar-refractivity contribution >= 4 is 55.1 Å². The quantitative estimate of drug-likeness (QED) is 0.301. The maximum atomic E-state index is 13.9. The second-order valence-electron chi connectivity index (χ2n) is 8.92. The molecule has 0 saturated carbocycles. The van der Waals surface area contributed by atoms with E-state index in [1.807, 2.05) is 38.1 Å². The molecule has 2 amide bonds. The smallest absolute Gasteiger partial charge is 0.264 e. The van der Waals surface area contributed by atoms with E-state index in [9.17, 15) is 18.0 Å². The summed E-state index contributed by atoms with van der Waals surface area (Å²) in [7, 11) is -4.16.